The van der Waals surface area contributed by atoms with E-state index in [1.807, 2.05) is 25.1 Å². The van der Waals surface area contributed by atoms with Crippen LogP contribution in [0.15, 0.2) is 18.2 Å². The summed E-state index contributed by atoms with van der Waals surface area (Å²) in [7, 11) is 0. The molecular formula is C15H17N3O2. The Labute approximate surface area is 117 Å². The Kier molecular flexibility index (Phi) is 4.38. The Morgan fingerprint density at radius 2 is 2.35 bits per heavy atom. The molecule has 1 aliphatic rings. The van der Waals surface area contributed by atoms with E-state index in [-0.39, 0.29) is 18.4 Å². The first kappa shape index (κ1) is 14.1. The number of aryl methyl sites for hydroxylation is 1. The van der Waals surface area contributed by atoms with Crippen LogP contribution in [0.5, 0.6) is 0 Å². The van der Waals surface area contributed by atoms with Crippen LogP contribution in [0.1, 0.15) is 24.0 Å². The molecule has 2 rings (SSSR count). The van der Waals surface area contributed by atoms with Crippen molar-refractivity contribution < 1.29 is 9.59 Å². The van der Waals surface area contributed by atoms with Crippen LogP contribution in [0.3, 0.4) is 0 Å². The van der Waals surface area contributed by atoms with Gasteiger partial charge in [0.25, 0.3) is 0 Å². The van der Waals surface area contributed by atoms with Crippen molar-refractivity contribution in [2.24, 2.45) is 5.73 Å². The average molecular weight is 271 g/mol. The largest absolute Gasteiger partial charge is 0.344 e. The Morgan fingerprint density at radius 1 is 1.55 bits per heavy atom. The summed E-state index contributed by atoms with van der Waals surface area (Å²) in [6, 6.07) is 5.17. The number of rotatable bonds is 2. The zero-order valence-electron chi connectivity index (χ0n) is 11.3. The van der Waals surface area contributed by atoms with Gasteiger partial charge in [-0.05, 0) is 31.0 Å². The molecule has 1 aromatic rings. The number of benzene rings is 1. The van der Waals surface area contributed by atoms with Gasteiger partial charge in [-0.2, -0.15) is 0 Å². The Morgan fingerprint density at radius 3 is 3.00 bits per heavy atom. The lowest BCUT2D eigenvalue weighted by Crippen LogP contribution is -2.37. The van der Waals surface area contributed by atoms with E-state index in [0.29, 0.717) is 18.5 Å². The molecule has 0 radical (unpaired) electrons. The van der Waals surface area contributed by atoms with Crippen molar-refractivity contribution >= 4 is 17.5 Å². The molecule has 1 atom stereocenters. The summed E-state index contributed by atoms with van der Waals surface area (Å²) in [4.78, 5) is 23.2. The first-order valence-electron chi connectivity index (χ1n) is 6.50. The summed E-state index contributed by atoms with van der Waals surface area (Å²) in [6.07, 6.45) is 0.923. The number of amides is 2. The quantitative estimate of drug-likeness (QED) is 0.686. The van der Waals surface area contributed by atoms with E-state index in [2.05, 4.69) is 22.5 Å². The van der Waals surface area contributed by atoms with Gasteiger partial charge in [0, 0.05) is 12.0 Å². The molecule has 0 bridgehead atoms. The van der Waals surface area contributed by atoms with Crippen LogP contribution in [0, 0.1) is 18.8 Å². The highest BCUT2D eigenvalue weighted by Crippen LogP contribution is 2.18. The second kappa shape index (κ2) is 6.22. The van der Waals surface area contributed by atoms with Crippen molar-refractivity contribution in [2.75, 3.05) is 11.9 Å². The molecule has 1 aromatic carbocycles. The van der Waals surface area contributed by atoms with E-state index in [1.165, 1.54) is 0 Å². The summed E-state index contributed by atoms with van der Waals surface area (Å²) in [5.74, 6) is 5.40. The molecule has 104 valence electrons. The van der Waals surface area contributed by atoms with Gasteiger partial charge in [-0.1, -0.05) is 17.9 Å². The SMILES string of the molecule is Cc1ccc(C#CCN)c(NC(=O)C2CCC(=O)N2)c1. The molecular weight excluding hydrogens is 254 g/mol. The van der Waals surface area contributed by atoms with Crippen LogP contribution in [-0.2, 0) is 9.59 Å². The van der Waals surface area contributed by atoms with Crippen molar-refractivity contribution in [1.82, 2.24) is 5.32 Å². The molecule has 5 nitrogen and oxygen atoms in total. The molecule has 0 aromatic heterocycles. The summed E-state index contributed by atoms with van der Waals surface area (Å²) in [6.45, 7) is 2.20. The van der Waals surface area contributed by atoms with E-state index in [1.54, 1.807) is 0 Å². The van der Waals surface area contributed by atoms with Crippen molar-refractivity contribution in [3.8, 4) is 11.8 Å². The first-order valence-corrected chi connectivity index (χ1v) is 6.50. The van der Waals surface area contributed by atoms with Crippen molar-refractivity contribution in [3.63, 3.8) is 0 Å². The van der Waals surface area contributed by atoms with Gasteiger partial charge in [0.15, 0.2) is 0 Å². The Bertz CT molecular complexity index is 599. The minimum absolute atomic E-state index is 0.0856. The van der Waals surface area contributed by atoms with Crippen LogP contribution in [-0.4, -0.2) is 24.4 Å². The van der Waals surface area contributed by atoms with Crippen molar-refractivity contribution in [2.45, 2.75) is 25.8 Å². The smallest absolute Gasteiger partial charge is 0.246 e. The van der Waals surface area contributed by atoms with Gasteiger partial charge in [-0.3, -0.25) is 9.59 Å². The van der Waals surface area contributed by atoms with Gasteiger partial charge >= 0.3 is 0 Å². The standard InChI is InChI=1S/C15H17N3O2/c1-10-4-5-11(3-2-8-16)13(9-10)18-15(20)12-6-7-14(19)17-12/h4-5,9,12H,6-8,16H2,1H3,(H,17,19)(H,18,20). The highest BCUT2D eigenvalue weighted by atomic mass is 16.2. The van der Waals surface area contributed by atoms with E-state index in [4.69, 9.17) is 5.73 Å². The van der Waals surface area contributed by atoms with Crippen molar-refractivity contribution in [1.29, 1.82) is 0 Å². The lowest BCUT2D eigenvalue weighted by Gasteiger charge is -2.13. The molecule has 2 amide bonds. The second-order valence-corrected chi connectivity index (χ2v) is 4.70. The van der Waals surface area contributed by atoms with Gasteiger partial charge in [-0.15, -0.1) is 0 Å². The third-order valence-corrected chi connectivity index (χ3v) is 3.07. The van der Waals surface area contributed by atoms with Crippen molar-refractivity contribution in [3.05, 3.63) is 29.3 Å². The van der Waals surface area contributed by atoms with E-state index >= 15 is 0 Å². The van der Waals surface area contributed by atoms with E-state index in [9.17, 15) is 9.59 Å². The third-order valence-electron chi connectivity index (χ3n) is 3.07. The Balaban J connectivity index is 2.17. The summed E-state index contributed by atoms with van der Waals surface area (Å²) in [5.41, 5.74) is 7.76. The molecule has 1 unspecified atom stereocenters. The summed E-state index contributed by atoms with van der Waals surface area (Å²) < 4.78 is 0. The zero-order valence-corrected chi connectivity index (χ0v) is 11.3. The molecule has 0 saturated carbocycles. The molecule has 20 heavy (non-hydrogen) atoms. The average Bonchev–Trinajstić information content (AvgIpc) is 2.85. The van der Waals surface area contributed by atoms with Crippen LogP contribution in [0.2, 0.25) is 0 Å². The maximum atomic E-state index is 12.1. The van der Waals surface area contributed by atoms with Gasteiger partial charge in [-0.25, -0.2) is 0 Å². The predicted octanol–water partition coefficient (Wildman–Crippen LogP) is 0.522. The lowest BCUT2D eigenvalue weighted by molar-refractivity contribution is -0.122. The maximum Gasteiger partial charge on any atom is 0.246 e. The van der Waals surface area contributed by atoms with Gasteiger partial charge in [0.05, 0.1) is 12.2 Å². The fourth-order valence-electron chi connectivity index (χ4n) is 2.05. The van der Waals surface area contributed by atoms with Crippen LogP contribution < -0.4 is 16.4 Å². The Hall–Kier alpha value is -2.32. The number of nitrogens with one attached hydrogen (secondary N) is 2. The topological polar surface area (TPSA) is 84.2 Å². The molecule has 5 heteroatoms. The normalized spacial score (nSPS) is 17.1. The van der Waals surface area contributed by atoms with E-state index < -0.39 is 6.04 Å². The summed E-state index contributed by atoms with van der Waals surface area (Å²) in [5, 5.41) is 5.47. The van der Waals surface area contributed by atoms with E-state index in [0.717, 1.165) is 11.1 Å². The number of carbonyl (C=O) groups is 2. The number of nitrogens with two attached hydrogens (primary N) is 1. The minimum Gasteiger partial charge on any atom is -0.344 e. The highest BCUT2D eigenvalue weighted by Gasteiger charge is 2.27. The van der Waals surface area contributed by atoms with Gasteiger partial charge in [0.1, 0.15) is 6.04 Å². The number of carbonyl (C=O) groups excluding carboxylic acids is 2. The maximum absolute atomic E-state index is 12.1. The predicted molar refractivity (Wildman–Crippen MR) is 76.9 cm³/mol. The molecule has 4 N–H and O–H groups in total. The van der Waals surface area contributed by atoms with Crippen LogP contribution in [0.25, 0.3) is 0 Å². The molecule has 1 aliphatic heterocycles. The summed E-state index contributed by atoms with van der Waals surface area (Å²) >= 11 is 0. The lowest BCUT2D eigenvalue weighted by atomic mass is 10.1. The molecule has 1 saturated heterocycles. The van der Waals surface area contributed by atoms with Crippen LogP contribution in [0.4, 0.5) is 5.69 Å². The highest BCUT2D eigenvalue weighted by molar-refractivity contribution is 5.99. The first-order chi connectivity index (χ1) is 9.60. The fourth-order valence-corrected chi connectivity index (χ4v) is 2.05. The molecule has 0 spiro atoms. The number of anilines is 1. The fraction of sp³-hybridized carbons (Fsp3) is 0.333. The monoisotopic (exact) mass is 271 g/mol. The third kappa shape index (κ3) is 3.37. The molecule has 0 aliphatic carbocycles. The van der Waals surface area contributed by atoms with Gasteiger partial charge in [0.2, 0.25) is 11.8 Å². The van der Waals surface area contributed by atoms with Crippen LogP contribution >= 0.6 is 0 Å². The minimum atomic E-state index is -0.460. The molecule has 1 heterocycles. The second-order valence-electron chi connectivity index (χ2n) is 4.70. The number of hydrogen-bond acceptors (Lipinski definition) is 3. The molecule has 1 fully saturated rings. The van der Waals surface area contributed by atoms with Gasteiger partial charge < -0.3 is 16.4 Å². The number of hydrogen-bond donors (Lipinski definition) is 3. The zero-order chi connectivity index (χ0) is 14.5.